The van der Waals surface area contributed by atoms with Crippen molar-refractivity contribution in [1.82, 2.24) is 9.21 Å². The quantitative estimate of drug-likeness (QED) is 0.737. The summed E-state index contributed by atoms with van der Waals surface area (Å²) < 4.78 is 39.8. The first-order valence-electron chi connectivity index (χ1n) is 8.47. The lowest BCUT2D eigenvalue weighted by molar-refractivity contribution is -0.117. The molecule has 0 fully saturated rings. The van der Waals surface area contributed by atoms with Gasteiger partial charge in [0.25, 0.3) is 0 Å². The largest absolute Gasteiger partial charge is 0.325 e. The van der Waals surface area contributed by atoms with Gasteiger partial charge in [-0.15, -0.1) is 0 Å². The number of benzene rings is 2. The summed E-state index contributed by atoms with van der Waals surface area (Å²) in [7, 11) is 0.937. The first-order chi connectivity index (χ1) is 13.0. The van der Waals surface area contributed by atoms with Crippen LogP contribution in [-0.2, 0) is 21.4 Å². The van der Waals surface area contributed by atoms with Gasteiger partial charge >= 0.3 is 0 Å². The SMILES string of the molecule is Cc1ccc(NC(=O)CN(C)Cc2c(F)cccc2Cl)cc1S(=O)(=O)N(C)C. The number of halogens is 2. The molecule has 2 rings (SSSR count). The Balaban J connectivity index is 2.09. The fourth-order valence-corrected chi connectivity index (χ4v) is 3.97. The standard InChI is InChI=1S/C19H23ClFN3O3S/c1-13-8-9-14(10-18(13)28(26,27)23(2)3)22-19(25)12-24(4)11-15-16(20)6-5-7-17(15)21/h5-10H,11-12H2,1-4H3,(H,22,25). The van der Waals surface area contributed by atoms with Crippen LogP contribution < -0.4 is 5.32 Å². The molecule has 0 saturated heterocycles. The minimum Gasteiger partial charge on any atom is -0.325 e. The summed E-state index contributed by atoms with van der Waals surface area (Å²) in [4.78, 5) is 14.1. The number of anilines is 1. The summed E-state index contributed by atoms with van der Waals surface area (Å²) >= 11 is 6.01. The van der Waals surface area contributed by atoms with Crippen molar-refractivity contribution in [3.05, 3.63) is 58.4 Å². The molecule has 2 aromatic carbocycles. The molecule has 0 aliphatic carbocycles. The second-order valence-electron chi connectivity index (χ2n) is 6.69. The minimum absolute atomic E-state index is 0.0195. The summed E-state index contributed by atoms with van der Waals surface area (Å²) in [5.41, 5.74) is 1.26. The molecule has 9 heteroatoms. The molecule has 0 aromatic heterocycles. The van der Waals surface area contributed by atoms with E-state index in [-0.39, 0.29) is 23.9 Å². The van der Waals surface area contributed by atoms with Crippen LogP contribution >= 0.6 is 11.6 Å². The summed E-state index contributed by atoms with van der Waals surface area (Å²) in [6, 6.07) is 9.12. The van der Waals surface area contributed by atoms with Crippen LogP contribution in [0.1, 0.15) is 11.1 Å². The Morgan fingerprint density at radius 1 is 1.18 bits per heavy atom. The average molecular weight is 428 g/mol. The zero-order chi connectivity index (χ0) is 21.1. The predicted octanol–water partition coefficient (Wildman–Crippen LogP) is 3.11. The summed E-state index contributed by atoms with van der Waals surface area (Å²) in [5.74, 6) is -0.788. The third kappa shape index (κ3) is 5.29. The van der Waals surface area contributed by atoms with Crippen LogP contribution in [0.4, 0.5) is 10.1 Å². The van der Waals surface area contributed by atoms with Crippen molar-refractivity contribution in [3.63, 3.8) is 0 Å². The second kappa shape index (κ2) is 9.00. The van der Waals surface area contributed by atoms with E-state index in [1.807, 2.05) is 0 Å². The van der Waals surface area contributed by atoms with E-state index in [1.54, 1.807) is 37.1 Å². The van der Waals surface area contributed by atoms with Crippen LogP contribution in [0, 0.1) is 12.7 Å². The highest BCUT2D eigenvalue weighted by Crippen LogP contribution is 2.23. The average Bonchev–Trinajstić information content (AvgIpc) is 2.59. The molecule has 0 aliphatic rings. The van der Waals surface area contributed by atoms with E-state index in [4.69, 9.17) is 11.6 Å². The molecule has 0 unspecified atom stereocenters. The van der Waals surface area contributed by atoms with E-state index in [0.717, 1.165) is 4.31 Å². The number of amides is 1. The molecule has 0 aliphatic heterocycles. The molecule has 6 nitrogen and oxygen atoms in total. The van der Waals surface area contributed by atoms with Gasteiger partial charge in [0.2, 0.25) is 15.9 Å². The van der Waals surface area contributed by atoms with Gasteiger partial charge in [-0.1, -0.05) is 23.7 Å². The number of nitrogens with one attached hydrogen (secondary N) is 1. The van der Waals surface area contributed by atoms with Gasteiger partial charge in [0.1, 0.15) is 5.82 Å². The highest BCUT2D eigenvalue weighted by molar-refractivity contribution is 7.89. The highest BCUT2D eigenvalue weighted by atomic mass is 35.5. The number of carbonyl (C=O) groups is 1. The van der Waals surface area contributed by atoms with Gasteiger partial charge in [0, 0.05) is 36.9 Å². The van der Waals surface area contributed by atoms with E-state index in [9.17, 15) is 17.6 Å². The third-order valence-corrected chi connectivity index (χ3v) is 6.44. The Labute approximate surface area is 170 Å². The molecular formula is C19H23ClFN3O3S. The zero-order valence-corrected chi connectivity index (χ0v) is 17.7. The normalized spacial score (nSPS) is 11.9. The first-order valence-corrected chi connectivity index (χ1v) is 10.3. The molecule has 28 heavy (non-hydrogen) atoms. The fourth-order valence-electron chi connectivity index (χ4n) is 2.61. The van der Waals surface area contributed by atoms with Crippen LogP contribution in [0.15, 0.2) is 41.3 Å². The lowest BCUT2D eigenvalue weighted by atomic mass is 10.2. The Morgan fingerprint density at radius 3 is 2.46 bits per heavy atom. The Kier molecular flexibility index (Phi) is 7.16. The molecule has 0 atom stereocenters. The molecule has 152 valence electrons. The Bertz CT molecular complexity index is 960. The van der Waals surface area contributed by atoms with E-state index in [1.165, 1.54) is 32.3 Å². The summed E-state index contributed by atoms with van der Waals surface area (Å²) in [5, 5.41) is 2.97. The molecule has 0 radical (unpaired) electrons. The fraction of sp³-hybridized carbons (Fsp3) is 0.316. The van der Waals surface area contributed by atoms with Crippen molar-refractivity contribution in [2.24, 2.45) is 0 Å². The van der Waals surface area contributed by atoms with E-state index < -0.39 is 15.8 Å². The van der Waals surface area contributed by atoms with Crippen LogP contribution in [0.3, 0.4) is 0 Å². The maximum atomic E-state index is 13.9. The minimum atomic E-state index is -3.62. The lowest BCUT2D eigenvalue weighted by Gasteiger charge is -2.18. The number of nitrogens with zero attached hydrogens (tertiary/aromatic N) is 2. The molecule has 0 bridgehead atoms. The van der Waals surface area contributed by atoms with Crippen molar-refractivity contribution in [2.45, 2.75) is 18.4 Å². The third-order valence-electron chi connectivity index (χ3n) is 4.13. The van der Waals surface area contributed by atoms with Crippen LogP contribution in [0.5, 0.6) is 0 Å². The predicted molar refractivity (Wildman–Crippen MR) is 108 cm³/mol. The lowest BCUT2D eigenvalue weighted by Crippen LogP contribution is -2.30. The molecular weight excluding hydrogens is 405 g/mol. The molecule has 1 amide bonds. The number of likely N-dealkylation sites (N-methyl/N-ethyl adjacent to an activating group) is 1. The molecule has 0 spiro atoms. The van der Waals surface area contributed by atoms with E-state index >= 15 is 0 Å². The van der Waals surface area contributed by atoms with E-state index in [2.05, 4.69) is 5.32 Å². The molecule has 0 heterocycles. The number of hydrogen-bond donors (Lipinski definition) is 1. The summed E-state index contributed by atoms with van der Waals surface area (Å²) in [6.45, 7) is 1.83. The van der Waals surface area contributed by atoms with Crippen LogP contribution in [0.2, 0.25) is 5.02 Å². The number of carbonyl (C=O) groups excluding carboxylic acids is 1. The summed E-state index contributed by atoms with van der Waals surface area (Å²) in [6.07, 6.45) is 0. The zero-order valence-electron chi connectivity index (χ0n) is 16.2. The van der Waals surface area contributed by atoms with Crippen molar-refractivity contribution < 1.29 is 17.6 Å². The maximum Gasteiger partial charge on any atom is 0.242 e. The maximum absolute atomic E-state index is 13.9. The van der Waals surface area contributed by atoms with Crippen LogP contribution in [-0.4, -0.2) is 51.2 Å². The number of hydrogen-bond acceptors (Lipinski definition) is 4. The molecule has 0 saturated carbocycles. The van der Waals surface area contributed by atoms with Gasteiger partial charge in [-0.2, -0.15) is 0 Å². The van der Waals surface area contributed by atoms with Gasteiger partial charge < -0.3 is 5.32 Å². The second-order valence-corrected chi connectivity index (χ2v) is 9.22. The van der Waals surface area contributed by atoms with Crippen molar-refractivity contribution in [1.29, 1.82) is 0 Å². The number of aryl methyl sites for hydroxylation is 1. The molecule has 2 aromatic rings. The topological polar surface area (TPSA) is 69.7 Å². The van der Waals surface area contributed by atoms with Gasteiger partial charge in [-0.25, -0.2) is 17.1 Å². The van der Waals surface area contributed by atoms with E-state index in [0.29, 0.717) is 21.8 Å². The van der Waals surface area contributed by atoms with Gasteiger partial charge in [0.15, 0.2) is 0 Å². The van der Waals surface area contributed by atoms with Crippen molar-refractivity contribution in [3.8, 4) is 0 Å². The van der Waals surface area contributed by atoms with Crippen molar-refractivity contribution in [2.75, 3.05) is 33.0 Å². The first kappa shape index (κ1) is 22.3. The number of rotatable bonds is 7. The highest BCUT2D eigenvalue weighted by Gasteiger charge is 2.20. The van der Waals surface area contributed by atoms with Gasteiger partial charge in [-0.05, 0) is 43.8 Å². The molecule has 1 N–H and O–H groups in total. The number of sulfonamides is 1. The van der Waals surface area contributed by atoms with Gasteiger partial charge in [-0.3, -0.25) is 9.69 Å². The smallest absolute Gasteiger partial charge is 0.242 e. The Morgan fingerprint density at radius 2 is 1.86 bits per heavy atom. The van der Waals surface area contributed by atoms with Gasteiger partial charge in [0.05, 0.1) is 11.4 Å². The monoisotopic (exact) mass is 427 g/mol. The Hall–Kier alpha value is -2.00. The van der Waals surface area contributed by atoms with Crippen molar-refractivity contribution >= 4 is 33.2 Å². The van der Waals surface area contributed by atoms with Crippen LogP contribution in [0.25, 0.3) is 0 Å².